The molecule has 0 heterocycles. The van der Waals surface area contributed by atoms with Gasteiger partial charge in [0, 0.05) is 10.6 Å². The van der Waals surface area contributed by atoms with Gasteiger partial charge in [-0.2, -0.15) is 0 Å². The van der Waals surface area contributed by atoms with Crippen LogP contribution < -0.4 is 5.73 Å². The molecule has 2 N–H and O–H groups in total. The third-order valence-electron chi connectivity index (χ3n) is 2.74. The molecule has 5 heteroatoms. The maximum Gasteiger partial charge on any atom is 0.231 e. The maximum atomic E-state index is 12.1. The number of nitrogens with zero attached hydrogens (tertiary/aromatic N) is 1. The SMILES string of the molecule is CCCCN(CC(N)=O)CC(=O)c1ccc(Cl)cc1. The molecule has 0 aliphatic heterocycles. The highest BCUT2D eigenvalue weighted by molar-refractivity contribution is 6.30. The van der Waals surface area contributed by atoms with E-state index in [2.05, 4.69) is 6.92 Å². The molecule has 1 amide bonds. The lowest BCUT2D eigenvalue weighted by atomic mass is 10.1. The normalized spacial score (nSPS) is 10.7. The molecule has 0 spiro atoms. The molecule has 0 saturated carbocycles. The van der Waals surface area contributed by atoms with E-state index in [-0.39, 0.29) is 18.9 Å². The fraction of sp³-hybridized carbons (Fsp3) is 0.429. The Kier molecular flexibility index (Phi) is 6.53. The van der Waals surface area contributed by atoms with Crippen molar-refractivity contribution in [1.29, 1.82) is 0 Å². The molecule has 19 heavy (non-hydrogen) atoms. The second kappa shape index (κ2) is 7.92. The predicted molar refractivity (Wildman–Crippen MR) is 76.3 cm³/mol. The molecule has 0 fully saturated rings. The Labute approximate surface area is 118 Å². The number of amides is 1. The second-order valence-electron chi connectivity index (χ2n) is 4.46. The van der Waals surface area contributed by atoms with E-state index in [1.54, 1.807) is 29.2 Å². The Morgan fingerprint density at radius 1 is 1.21 bits per heavy atom. The minimum absolute atomic E-state index is 0.0333. The van der Waals surface area contributed by atoms with Gasteiger partial charge in [-0.25, -0.2) is 0 Å². The van der Waals surface area contributed by atoms with E-state index in [1.807, 2.05) is 0 Å². The van der Waals surface area contributed by atoms with E-state index in [4.69, 9.17) is 17.3 Å². The molecule has 0 saturated heterocycles. The molecule has 0 atom stereocenters. The number of nitrogens with two attached hydrogens (primary N) is 1. The highest BCUT2D eigenvalue weighted by atomic mass is 35.5. The van der Waals surface area contributed by atoms with Crippen LogP contribution in [0.2, 0.25) is 5.02 Å². The van der Waals surface area contributed by atoms with Crippen molar-refractivity contribution in [2.45, 2.75) is 19.8 Å². The first-order valence-corrected chi connectivity index (χ1v) is 6.70. The highest BCUT2D eigenvalue weighted by Gasteiger charge is 2.14. The lowest BCUT2D eigenvalue weighted by Crippen LogP contribution is -2.38. The summed E-state index contributed by atoms with van der Waals surface area (Å²) in [6.07, 6.45) is 1.94. The third kappa shape index (κ3) is 5.85. The molecule has 0 aliphatic carbocycles. The summed E-state index contributed by atoms with van der Waals surface area (Å²) in [5.41, 5.74) is 5.78. The first-order chi connectivity index (χ1) is 9.02. The number of unbranched alkanes of at least 4 members (excludes halogenated alkanes) is 1. The number of rotatable bonds is 8. The van der Waals surface area contributed by atoms with E-state index in [0.29, 0.717) is 17.1 Å². The Balaban J connectivity index is 2.63. The van der Waals surface area contributed by atoms with Crippen LogP contribution in [0.1, 0.15) is 30.1 Å². The van der Waals surface area contributed by atoms with Gasteiger partial charge in [-0.3, -0.25) is 14.5 Å². The topological polar surface area (TPSA) is 63.4 Å². The molecular formula is C14H19ClN2O2. The molecule has 0 bridgehead atoms. The maximum absolute atomic E-state index is 12.1. The smallest absolute Gasteiger partial charge is 0.231 e. The molecule has 0 aliphatic rings. The van der Waals surface area contributed by atoms with E-state index in [0.717, 1.165) is 12.8 Å². The van der Waals surface area contributed by atoms with Gasteiger partial charge in [0.1, 0.15) is 0 Å². The Morgan fingerprint density at radius 3 is 2.37 bits per heavy atom. The van der Waals surface area contributed by atoms with Crippen molar-refractivity contribution in [3.05, 3.63) is 34.9 Å². The molecule has 104 valence electrons. The molecule has 1 aromatic rings. The second-order valence-corrected chi connectivity index (χ2v) is 4.90. The predicted octanol–water partition coefficient (Wildman–Crippen LogP) is 2.11. The fourth-order valence-corrected chi connectivity index (χ4v) is 1.87. The number of Topliss-reactive ketones (excluding diaryl/α,β-unsaturated/α-hetero) is 1. The summed E-state index contributed by atoms with van der Waals surface area (Å²) in [6, 6.07) is 6.73. The van der Waals surface area contributed by atoms with Crippen molar-refractivity contribution in [3.63, 3.8) is 0 Å². The summed E-state index contributed by atoms with van der Waals surface area (Å²) < 4.78 is 0. The summed E-state index contributed by atoms with van der Waals surface area (Å²) in [5.74, 6) is -0.450. The van der Waals surface area contributed by atoms with Crippen LogP contribution in [0.5, 0.6) is 0 Å². The number of carbonyl (C=O) groups excluding carboxylic acids is 2. The zero-order valence-electron chi connectivity index (χ0n) is 11.1. The van der Waals surface area contributed by atoms with Gasteiger partial charge >= 0.3 is 0 Å². The van der Waals surface area contributed by atoms with Gasteiger partial charge in [0.05, 0.1) is 13.1 Å². The Bertz CT molecular complexity index is 432. The first kappa shape index (κ1) is 15.7. The van der Waals surface area contributed by atoms with Crippen LogP contribution in [0.15, 0.2) is 24.3 Å². The quantitative estimate of drug-likeness (QED) is 0.743. The van der Waals surface area contributed by atoms with Crippen LogP contribution in [0.4, 0.5) is 0 Å². The lowest BCUT2D eigenvalue weighted by Gasteiger charge is -2.19. The molecule has 1 aromatic carbocycles. The first-order valence-electron chi connectivity index (χ1n) is 6.32. The molecule has 4 nitrogen and oxygen atoms in total. The van der Waals surface area contributed by atoms with Crippen LogP contribution in [0, 0.1) is 0 Å². The number of hydrogen-bond donors (Lipinski definition) is 1. The van der Waals surface area contributed by atoms with Crippen molar-refractivity contribution in [2.75, 3.05) is 19.6 Å². The standard InChI is InChI=1S/C14H19ClN2O2/c1-2-3-8-17(10-14(16)19)9-13(18)11-4-6-12(15)7-5-11/h4-7H,2-3,8-10H2,1H3,(H2,16,19). The average Bonchev–Trinajstić information content (AvgIpc) is 2.36. The average molecular weight is 283 g/mol. The van der Waals surface area contributed by atoms with Crippen LogP contribution in [0.3, 0.4) is 0 Å². The van der Waals surface area contributed by atoms with Gasteiger partial charge in [0.2, 0.25) is 5.91 Å². The molecule has 0 unspecified atom stereocenters. The van der Waals surface area contributed by atoms with Crippen molar-refractivity contribution in [1.82, 2.24) is 4.90 Å². The summed E-state index contributed by atoms with van der Waals surface area (Å²) in [5, 5.41) is 0.594. The van der Waals surface area contributed by atoms with Crippen molar-refractivity contribution in [2.24, 2.45) is 5.73 Å². The van der Waals surface area contributed by atoms with Gasteiger partial charge in [-0.15, -0.1) is 0 Å². The molecule has 0 aromatic heterocycles. The van der Waals surface area contributed by atoms with E-state index < -0.39 is 5.91 Å². The minimum atomic E-state index is -0.417. The fourth-order valence-electron chi connectivity index (χ4n) is 1.75. The number of halogens is 1. The molecule has 0 radical (unpaired) electrons. The van der Waals surface area contributed by atoms with Gasteiger partial charge in [0.15, 0.2) is 5.78 Å². The number of ketones is 1. The number of primary amides is 1. The van der Waals surface area contributed by atoms with Crippen LogP contribution >= 0.6 is 11.6 Å². The van der Waals surface area contributed by atoms with Gasteiger partial charge in [0.25, 0.3) is 0 Å². The van der Waals surface area contributed by atoms with Crippen molar-refractivity contribution in [3.8, 4) is 0 Å². The highest BCUT2D eigenvalue weighted by Crippen LogP contribution is 2.10. The summed E-state index contributed by atoms with van der Waals surface area (Å²) >= 11 is 5.78. The summed E-state index contributed by atoms with van der Waals surface area (Å²) in [6.45, 7) is 3.06. The Hall–Kier alpha value is -1.39. The van der Waals surface area contributed by atoms with Crippen LogP contribution in [-0.4, -0.2) is 36.2 Å². The van der Waals surface area contributed by atoms with Crippen molar-refractivity contribution >= 4 is 23.3 Å². The Morgan fingerprint density at radius 2 is 1.84 bits per heavy atom. The summed E-state index contributed by atoms with van der Waals surface area (Å²) in [7, 11) is 0. The number of benzene rings is 1. The van der Waals surface area contributed by atoms with Crippen LogP contribution in [-0.2, 0) is 4.79 Å². The third-order valence-corrected chi connectivity index (χ3v) is 2.99. The van der Waals surface area contributed by atoms with E-state index in [9.17, 15) is 9.59 Å². The van der Waals surface area contributed by atoms with Gasteiger partial charge in [-0.05, 0) is 37.2 Å². The zero-order valence-corrected chi connectivity index (χ0v) is 11.8. The van der Waals surface area contributed by atoms with Gasteiger partial charge < -0.3 is 5.73 Å². The monoisotopic (exact) mass is 282 g/mol. The van der Waals surface area contributed by atoms with Crippen molar-refractivity contribution < 1.29 is 9.59 Å². The van der Waals surface area contributed by atoms with E-state index >= 15 is 0 Å². The number of carbonyl (C=O) groups is 2. The molecular weight excluding hydrogens is 264 g/mol. The van der Waals surface area contributed by atoms with E-state index in [1.165, 1.54) is 0 Å². The van der Waals surface area contributed by atoms with Crippen LogP contribution in [0.25, 0.3) is 0 Å². The zero-order chi connectivity index (χ0) is 14.3. The number of hydrogen-bond acceptors (Lipinski definition) is 3. The van der Waals surface area contributed by atoms with Gasteiger partial charge in [-0.1, -0.05) is 24.9 Å². The largest absolute Gasteiger partial charge is 0.369 e. The molecule has 1 rings (SSSR count). The lowest BCUT2D eigenvalue weighted by molar-refractivity contribution is -0.119. The minimum Gasteiger partial charge on any atom is -0.369 e. The summed E-state index contributed by atoms with van der Waals surface area (Å²) in [4.78, 5) is 24.8.